The van der Waals surface area contributed by atoms with Gasteiger partial charge in [-0.2, -0.15) is 9.40 Å². The number of aryl methyl sites for hydroxylation is 2. The normalized spacial score (nSPS) is 17.3. The van der Waals surface area contributed by atoms with E-state index >= 15 is 0 Å². The van der Waals surface area contributed by atoms with Gasteiger partial charge < -0.3 is 0 Å². The number of halogens is 1. The first-order valence-corrected chi connectivity index (χ1v) is 9.27. The number of hydrogen-bond donors (Lipinski definition) is 0. The van der Waals surface area contributed by atoms with Gasteiger partial charge in [0.25, 0.3) is 0 Å². The summed E-state index contributed by atoms with van der Waals surface area (Å²) >= 11 is 0. The molecule has 0 radical (unpaired) electrons. The van der Waals surface area contributed by atoms with E-state index in [-0.39, 0.29) is 10.7 Å². The number of aromatic nitrogens is 2. The Morgan fingerprint density at radius 1 is 1.12 bits per heavy atom. The maximum Gasteiger partial charge on any atom is 0.246 e. The topological polar surface area (TPSA) is 58.4 Å². The lowest BCUT2D eigenvalue weighted by molar-refractivity contribution is 0.181. The van der Waals surface area contributed by atoms with Gasteiger partial charge in [-0.15, -0.1) is 0 Å². The van der Waals surface area contributed by atoms with Gasteiger partial charge in [0, 0.05) is 46.0 Å². The smallest absolute Gasteiger partial charge is 0.246 e. The van der Waals surface area contributed by atoms with E-state index in [1.54, 1.807) is 32.3 Å². The lowest BCUT2D eigenvalue weighted by atomic mass is 10.2. The van der Waals surface area contributed by atoms with Crippen LogP contribution in [0.25, 0.3) is 0 Å². The zero-order chi connectivity index (χ0) is 17.3. The number of nitrogens with zero attached hydrogens (tertiary/aromatic N) is 4. The van der Waals surface area contributed by atoms with E-state index in [0.717, 1.165) is 5.56 Å². The van der Waals surface area contributed by atoms with Crippen molar-refractivity contribution in [2.75, 3.05) is 26.2 Å². The second-order valence-corrected chi connectivity index (χ2v) is 7.97. The van der Waals surface area contributed by atoms with Gasteiger partial charge in [0.2, 0.25) is 10.0 Å². The molecule has 1 aromatic heterocycles. The molecule has 0 unspecified atom stereocenters. The van der Waals surface area contributed by atoms with Crippen LogP contribution in [0.5, 0.6) is 0 Å². The Morgan fingerprint density at radius 2 is 1.75 bits per heavy atom. The minimum absolute atomic E-state index is 0.249. The summed E-state index contributed by atoms with van der Waals surface area (Å²) in [7, 11) is -1.79. The zero-order valence-electron chi connectivity index (χ0n) is 13.8. The van der Waals surface area contributed by atoms with Crippen molar-refractivity contribution in [1.82, 2.24) is 19.0 Å². The molecule has 0 N–H and O–H groups in total. The quantitative estimate of drug-likeness (QED) is 0.834. The SMILES string of the molecule is Cc1nn(C)cc1S(=O)(=O)N1CCN(Cc2ccc(F)cc2)CC1. The summed E-state index contributed by atoms with van der Waals surface area (Å²) in [6.45, 7) is 4.58. The Morgan fingerprint density at radius 3 is 2.29 bits per heavy atom. The molecule has 2 heterocycles. The second-order valence-electron chi connectivity index (χ2n) is 6.06. The van der Waals surface area contributed by atoms with Crippen LogP contribution in [-0.4, -0.2) is 53.6 Å². The summed E-state index contributed by atoms with van der Waals surface area (Å²) in [5, 5.41) is 4.12. The molecule has 8 heteroatoms. The van der Waals surface area contributed by atoms with Crippen molar-refractivity contribution in [2.45, 2.75) is 18.4 Å². The Hall–Kier alpha value is -1.77. The maximum atomic E-state index is 12.9. The molecule has 1 aromatic carbocycles. The van der Waals surface area contributed by atoms with E-state index in [9.17, 15) is 12.8 Å². The zero-order valence-corrected chi connectivity index (χ0v) is 14.6. The molecule has 1 fully saturated rings. The van der Waals surface area contributed by atoms with Crippen molar-refractivity contribution in [2.24, 2.45) is 7.05 Å². The van der Waals surface area contributed by atoms with Gasteiger partial charge in [-0.25, -0.2) is 12.8 Å². The molecule has 0 spiro atoms. The van der Waals surface area contributed by atoms with E-state index < -0.39 is 10.0 Å². The minimum Gasteiger partial charge on any atom is -0.296 e. The lowest BCUT2D eigenvalue weighted by Gasteiger charge is -2.33. The molecular formula is C16H21FN4O2S. The van der Waals surface area contributed by atoms with Crippen molar-refractivity contribution < 1.29 is 12.8 Å². The molecule has 130 valence electrons. The summed E-state index contributed by atoms with van der Waals surface area (Å²) in [6.07, 6.45) is 1.55. The van der Waals surface area contributed by atoms with Gasteiger partial charge in [-0.05, 0) is 24.6 Å². The van der Waals surface area contributed by atoms with Crippen molar-refractivity contribution in [3.63, 3.8) is 0 Å². The molecule has 1 saturated heterocycles. The van der Waals surface area contributed by atoms with Crippen LogP contribution in [0.4, 0.5) is 4.39 Å². The third kappa shape index (κ3) is 3.50. The average molecular weight is 352 g/mol. The first-order valence-electron chi connectivity index (χ1n) is 7.83. The van der Waals surface area contributed by atoms with Crippen LogP contribution in [-0.2, 0) is 23.6 Å². The summed E-state index contributed by atoms with van der Waals surface area (Å²) in [5.74, 6) is -0.249. The molecule has 6 nitrogen and oxygen atoms in total. The monoisotopic (exact) mass is 352 g/mol. The minimum atomic E-state index is -3.50. The highest BCUT2D eigenvalue weighted by Gasteiger charge is 2.30. The molecule has 1 aliphatic rings. The van der Waals surface area contributed by atoms with Crippen LogP contribution in [0, 0.1) is 12.7 Å². The summed E-state index contributed by atoms with van der Waals surface area (Å²) < 4.78 is 41.5. The highest BCUT2D eigenvalue weighted by molar-refractivity contribution is 7.89. The van der Waals surface area contributed by atoms with Crippen LogP contribution in [0.15, 0.2) is 35.4 Å². The second kappa shape index (κ2) is 6.62. The lowest BCUT2D eigenvalue weighted by Crippen LogP contribution is -2.48. The highest BCUT2D eigenvalue weighted by atomic mass is 32.2. The number of benzene rings is 1. The number of hydrogen-bond acceptors (Lipinski definition) is 4. The molecule has 0 saturated carbocycles. The molecular weight excluding hydrogens is 331 g/mol. The van der Waals surface area contributed by atoms with Crippen LogP contribution in [0.1, 0.15) is 11.3 Å². The van der Waals surface area contributed by atoms with Gasteiger partial charge in [-0.1, -0.05) is 12.1 Å². The molecule has 0 aliphatic carbocycles. The standard InChI is InChI=1S/C16H21FN4O2S/c1-13-16(12-19(2)18-13)24(22,23)21-9-7-20(8-10-21)11-14-3-5-15(17)6-4-14/h3-6,12H,7-11H2,1-2H3. The van der Waals surface area contributed by atoms with Crippen LogP contribution >= 0.6 is 0 Å². The van der Waals surface area contributed by atoms with E-state index in [4.69, 9.17) is 0 Å². The fourth-order valence-electron chi connectivity index (χ4n) is 2.95. The van der Waals surface area contributed by atoms with E-state index in [1.807, 2.05) is 0 Å². The number of sulfonamides is 1. The van der Waals surface area contributed by atoms with Crippen LogP contribution in [0.3, 0.4) is 0 Å². The van der Waals surface area contributed by atoms with Gasteiger partial charge in [0.15, 0.2) is 0 Å². The van der Waals surface area contributed by atoms with Crippen molar-refractivity contribution in [3.05, 3.63) is 47.5 Å². The fourth-order valence-corrected chi connectivity index (χ4v) is 4.57. The van der Waals surface area contributed by atoms with Gasteiger partial charge in [-0.3, -0.25) is 9.58 Å². The van der Waals surface area contributed by atoms with Gasteiger partial charge in [0.1, 0.15) is 10.7 Å². The molecule has 0 amide bonds. The summed E-state index contributed by atoms with van der Waals surface area (Å²) in [5.41, 5.74) is 1.54. The Labute approximate surface area is 141 Å². The maximum absolute atomic E-state index is 12.9. The number of piperazine rings is 1. The fraction of sp³-hybridized carbons (Fsp3) is 0.438. The van der Waals surface area contributed by atoms with Crippen molar-refractivity contribution in [1.29, 1.82) is 0 Å². The Balaban J connectivity index is 1.64. The van der Waals surface area contributed by atoms with E-state index in [0.29, 0.717) is 38.4 Å². The third-order valence-electron chi connectivity index (χ3n) is 4.24. The first kappa shape index (κ1) is 17.1. The Kier molecular flexibility index (Phi) is 4.71. The predicted molar refractivity (Wildman–Crippen MR) is 88.4 cm³/mol. The number of rotatable bonds is 4. The average Bonchev–Trinajstić information content (AvgIpc) is 2.89. The molecule has 1 aliphatic heterocycles. The predicted octanol–water partition coefficient (Wildman–Crippen LogP) is 1.37. The molecule has 3 rings (SSSR count). The van der Waals surface area contributed by atoms with E-state index in [2.05, 4.69) is 10.00 Å². The molecule has 2 aromatic rings. The molecule has 0 bridgehead atoms. The summed E-state index contributed by atoms with van der Waals surface area (Å²) in [6, 6.07) is 6.41. The first-order chi connectivity index (χ1) is 11.4. The van der Waals surface area contributed by atoms with E-state index in [1.165, 1.54) is 21.1 Å². The van der Waals surface area contributed by atoms with Crippen LogP contribution in [0.2, 0.25) is 0 Å². The molecule has 0 atom stereocenters. The summed E-state index contributed by atoms with van der Waals surface area (Å²) in [4.78, 5) is 2.45. The largest absolute Gasteiger partial charge is 0.296 e. The van der Waals surface area contributed by atoms with Crippen molar-refractivity contribution >= 4 is 10.0 Å². The molecule has 24 heavy (non-hydrogen) atoms. The van der Waals surface area contributed by atoms with Crippen molar-refractivity contribution in [3.8, 4) is 0 Å². The Bertz CT molecular complexity index is 809. The van der Waals surface area contributed by atoms with Gasteiger partial charge >= 0.3 is 0 Å². The third-order valence-corrected chi connectivity index (χ3v) is 6.24. The van der Waals surface area contributed by atoms with Crippen LogP contribution < -0.4 is 0 Å². The van der Waals surface area contributed by atoms with Gasteiger partial charge in [0.05, 0.1) is 5.69 Å². The highest BCUT2D eigenvalue weighted by Crippen LogP contribution is 2.20.